The summed E-state index contributed by atoms with van der Waals surface area (Å²) in [6.07, 6.45) is 9.66. The molecule has 0 radical (unpaired) electrons. The summed E-state index contributed by atoms with van der Waals surface area (Å²) in [4.78, 5) is 0. The lowest BCUT2D eigenvalue weighted by molar-refractivity contribution is -0.469. The van der Waals surface area contributed by atoms with Crippen LogP contribution in [0.15, 0.2) is 12.2 Å². The molecule has 0 spiro atoms. The minimum Gasteiger partial charge on any atom is -0.323 e. The fourth-order valence-electron chi connectivity index (χ4n) is 2.54. The van der Waals surface area contributed by atoms with Gasteiger partial charge in [0.25, 0.3) is 0 Å². The first-order valence-electron chi connectivity index (χ1n) is 6.86. The molecule has 0 aromatic rings. The molecule has 0 saturated carbocycles. The van der Waals surface area contributed by atoms with Crippen LogP contribution in [-0.4, -0.2) is 25.3 Å². The highest BCUT2D eigenvalue weighted by atomic mass is 16.9. The first-order chi connectivity index (χ1) is 9.39. The highest BCUT2D eigenvalue weighted by Gasteiger charge is 2.62. The number of hydrogen-bond donors (Lipinski definition) is 0. The summed E-state index contributed by atoms with van der Waals surface area (Å²) in [5.74, 6) is 1.35. The van der Waals surface area contributed by atoms with Crippen molar-refractivity contribution in [2.75, 3.05) is 13.2 Å². The molecule has 3 rings (SSSR count). The molecular weight excluding hydrogens is 254 g/mol. The maximum absolute atomic E-state index is 9.43. The zero-order valence-corrected chi connectivity index (χ0v) is 12.3. The molecule has 4 nitrogen and oxygen atoms in total. The number of unbranched alkanes of at least 4 members (excludes halogenated alkanes) is 1. The predicted octanol–water partition coefficient (Wildman–Crippen LogP) is 2.61. The van der Waals surface area contributed by atoms with Crippen LogP contribution >= 0.6 is 0 Å². The molecule has 1 atom stereocenters. The summed E-state index contributed by atoms with van der Waals surface area (Å²) in [7, 11) is 0. The molecule has 3 aliphatic rings. The summed E-state index contributed by atoms with van der Waals surface area (Å²) in [6.45, 7) is 7.14. The zero-order chi connectivity index (χ0) is 14.9. The zero-order valence-electron chi connectivity index (χ0n) is 12.3. The second-order valence-electron chi connectivity index (χ2n) is 6.36. The van der Waals surface area contributed by atoms with Crippen molar-refractivity contribution >= 4 is 0 Å². The molecule has 1 unspecified atom stereocenters. The van der Waals surface area contributed by atoms with Crippen molar-refractivity contribution in [3.05, 3.63) is 12.2 Å². The first kappa shape index (κ1) is 15.1. The third kappa shape index (κ3) is 2.36. The second-order valence-corrected chi connectivity index (χ2v) is 6.36. The average Bonchev–Trinajstić information content (AvgIpc) is 2.43. The van der Waals surface area contributed by atoms with Crippen molar-refractivity contribution in [1.82, 2.24) is 0 Å². The third-order valence-corrected chi connectivity index (χ3v) is 4.23. The van der Waals surface area contributed by atoms with E-state index in [1.54, 1.807) is 6.08 Å². The Balaban J connectivity index is 2.17. The normalized spacial score (nSPS) is 36.8. The Labute approximate surface area is 120 Å². The molecule has 3 saturated heterocycles. The molecule has 3 fully saturated rings. The molecule has 0 aliphatic carbocycles. The quantitative estimate of drug-likeness (QED) is 0.451. The van der Waals surface area contributed by atoms with E-state index >= 15 is 0 Å². The number of nitriles is 1. The van der Waals surface area contributed by atoms with Gasteiger partial charge in [0.1, 0.15) is 0 Å². The summed E-state index contributed by atoms with van der Waals surface area (Å²) >= 11 is 0. The number of hydrogen-bond acceptors (Lipinski definition) is 4. The van der Waals surface area contributed by atoms with Crippen LogP contribution in [0.1, 0.15) is 33.6 Å². The van der Waals surface area contributed by atoms with E-state index in [4.69, 9.17) is 20.6 Å². The molecule has 20 heavy (non-hydrogen) atoms. The fraction of sp³-hybridized carbons (Fsp3) is 0.688. The molecular formula is C16H21NO3. The minimum atomic E-state index is -1.22. The van der Waals surface area contributed by atoms with E-state index in [2.05, 4.69) is 32.8 Å². The lowest BCUT2D eigenvalue weighted by atomic mass is 9.63. The van der Waals surface area contributed by atoms with Crippen LogP contribution in [0.25, 0.3) is 0 Å². The van der Waals surface area contributed by atoms with E-state index in [9.17, 15) is 5.26 Å². The van der Waals surface area contributed by atoms with Gasteiger partial charge in [0.15, 0.2) is 6.10 Å². The number of terminal acetylenes is 1. The van der Waals surface area contributed by atoms with Gasteiger partial charge in [0.05, 0.1) is 24.7 Å². The van der Waals surface area contributed by atoms with Crippen LogP contribution in [0.3, 0.4) is 0 Å². The summed E-state index contributed by atoms with van der Waals surface area (Å²) in [5, 5.41) is 9.43. The molecule has 0 aromatic carbocycles. The second kappa shape index (κ2) is 5.22. The Morgan fingerprint density at radius 2 is 2.00 bits per heavy atom. The van der Waals surface area contributed by atoms with Gasteiger partial charge in [-0.2, -0.15) is 5.26 Å². The number of rotatable bonds is 3. The smallest absolute Gasteiger partial charge is 0.305 e. The van der Waals surface area contributed by atoms with Crippen LogP contribution < -0.4 is 0 Å². The van der Waals surface area contributed by atoms with Gasteiger partial charge >= 0.3 is 5.97 Å². The van der Waals surface area contributed by atoms with Gasteiger partial charge in [0, 0.05) is 12.5 Å². The van der Waals surface area contributed by atoms with Crippen molar-refractivity contribution < 1.29 is 14.2 Å². The van der Waals surface area contributed by atoms with Crippen molar-refractivity contribution in [2.24, 2.45) is 10.8 Å². The Kier molecular flexibility index (Phi) is 3.93. The Morgan fingerprint density at radius 1 is 1.35 bits per heavy atom. The SMILES string of the molecule is C#CCCC=CC12OCC(C(C)(C)C)(CO1)C(C#N)O2. The van der Waals surface area contributed by atoms with Gasteiger partial charge < -0.3 is 14.2 Å². The van der Waals surface area contributed by atoms with Gasteiger partial charge in [-0.05, 0) is 11.8 Å². The van der Waals surface area contributed by atoms with Crippen LogP contribution in [0.4, 0.5) is 0 Å². The molecule has 3 heterocycles. The van der Waals surface area contributed by atoms with Crippen LogP contribution in [0, 0.1) is 34.5 Å². The van der Waals surface area contributed by atoms with Gasteiger partial charge in [-0.15, -0.1) is 12.3 Å². The third-order valence-electron chi connectivity index (χ3n) is 4.23. The van der Waals surface area contributed by atoms with E-state index < -0.39 is 17.5 Å². The summed E-state index contributed by atoms with van der Waals surface area (Å²) in [5.41, 5.74) is -0.580. The summed E-state index contributed by atoms with van der Waals surface area (Å²) in [6, 6.07) is 2.26. The molecule has 0 aromatic heterocycles. The first-order valence-corrected chi connectivity index (χ1v) is 6.86. The van der Waals surface area contributed by atoms with Gasteiger partial charge in [-0.3, -0.25) is 0 Å². The van der Waals surface area contributed by atoms with Crippen molar-refractivity contribution in [3.8, 4) is 18.4 Å². The fourth-order valence-corrected chi connectivity index (χ4v) is 2.54. The lowest BCUT2D eigenvalue weighted by Gasteiger charge is -2.58. The maximum atomic E-state index is 9.43. The molecule has 4 heteroatoms. The van der Waals surface area contributed by atoms with E-state index in [1.807, 2.05) is 6.08 Å². The molecule has 2 bridgehead atoms. The Hall–Kier alpha value is -1.33. The van der Waals surface area contributed by atoms with Gasteiger partial charge in [-0.25, -0.2) is 0 Å². The number of ether oxygens (including phenoxy) is 3. The van der Waals surface area contributed by atoms with Crippen molar-refractivity contribution in [2.45, 2.75) is 45.7 Å². The van der Waals surface area contributed by atoms with Crippen LogP contribution in [-0.2, 0) is 14.2 Å². The lowest BCUT2D eigenvalue weighted by Crippen LogP contribution is -2.67. The standard InChI is InChI=1S/C16H21NO3/c1-5-6-7-8-9-16-18-11-15(12-19-16,14(2,3)4)13(10-17)20-16/h1,8-9,13H,6-7,11-12H2,2-4H3. The topological polar surface area (TPSA) is 51.5 Å². The van der Waals surface area contributed by atoms with E-state index in [0.717, 1.165) is 6.42 Å². The minimum absolute atomic E-state index is 0.146. The largest absolute Gasteiger partial charge is 0.323 e. The van der Waals surface area contributed by atoms with E-state index in [0.29, 0.717) is 19.6 Å². The molecule has 0 N–H and O–H groups in total. The number of fused-ring (bicyclic) bond motifs is 3. The summed E-state index contributed by atoms with van der Waals surface area (Å²) < 4.78 is 17.3. The van der Waals surface area contributed by atoms with Crippen molar-refractivity contribution in [1.29, 1.82) is 5.26 Å². The van der Waals surface area contributed by atoms with Crippen LogP contribution in [0.2, 0.25) is 0 Å². The molecule has 0 amide bonds. The Bertz CT molecular complexity index is 467. The maximum Gasteiger partial charge on any atom is 0.305 e. The van der Waals surface area contributed by atoms with Crippen LogP contribution in [0.5, 0.6) is 0 Å². The van der Waals surface area contributed by atoms with Gasteiger partial charge in [0.2, 0.25) is 0 Å². The number of nitrogens with zero attached hydrogens (tertiary/aromatic N) is 1. The average molecular weight is 275 g/mol. The molecule has 108 valence electrons. The monoisotopic (exact) mass is 275 g/mol. The number of allylic oxidation sites excluding steroid dienone is 1. The highest BCUT2D eigenvalue weighted by molar-refractivity contribution is 5.13. The van der Waals surface area contributed by atoms with E-state index in [1.165, 1.54) is 0 Å². The van der Waals surface area contributed by atoms with E-state index in [-0.39, 0.29) is 5.41 Å². The predicted molar refractivity (Wildman–Crippen MR) is 74.2 cm³/mol. The Morgan fingerprint density at radius 3 is 2.50 bits per heavy atom. The molecule has 3 aliphatic heterocycles. The van der Waals surface area contributed by atoms with Gasteiger partial charge in [-0.1, -0.05) is 26.8 Å². The highest BCUT2D eigenvalue weighted by Crippen LogP contribution is 2.52. The van der Waals surface area contributed by atoms with Crippen molar-refractivity contribution in [3.63, 3.8) is 0 Å².